The molecule has 0 bridgehead atoms. The lowest BCUT2D eigenvalue weighted by atomic mass is 10.1. The van der Waals surface area contributed by atoms with Crippen LogP contribution in [0, 0.1) is 5.95 Å². The Balaban J connectivity index is 2.50. The highest BCUT2D eigenvalue weighted by Crippen LogP contribution is 2.10. The molecule has 1 heterocycles. The molecule has 0 amide bonds. The van der Waals surface area contributed by atoms with Gasteiger partial charge in [-0.2, -0.15) is 4.39 Å². The van der Waals surface area contributed by atoms with Crippen LogP contribution in [0.5, 0.6) is 0 Å². The van der Waals surface area contributed by atoms with E-state index in [2.05, 4.69) is 10.3 Å². The van der Waals surface area contributed by atoms with Gasteiger partial charge in [0, 0.05) is 13.7 Å². The summed E-state index contributed by atoms with van der Waals surface area (Å²) in [7, 11) is 1.66. The van der Waals surface area contributed by atoms with Crippen molar-refractivity contribution in [1.29, 1.82) is 0 Å². The molecule has 3 nitrogen and oxygen atoms in total. The summed E-state index contributed by atoms with van der Waals surface area (Å²) >= 11 is 0. The monoisotopic (exact) mass is 198 g/mol. The molecule has 0 unspecified atom stereocenters. The summed E-state index contributed by atoms with van der Waals surface area (Å²) < 4.78 is 17.7. The van der Waals surface area contributed by atoms with Crippen molar-refractivity contribution >= 4 is 5.69 Å². The van der Waals surface area contributed by atoms with E-state index in [1.165, 1.54) is 12.3 Å². The number of nitrogens with one attached hydrogen (secondary N) is 1. The van der Waals surface area contributed by atoms with Gasteiger partial charge in [-0.3, -0.25) is 0 Å². The van der Waals surface area contributed by atoms with Crippen LogP contribution in [0.1, 0.15) is 13.8 Å². The SMILES string of the molecule is COC(C)(C)CNc1ccc(F)nc1. The molecule has 0 atom stereocenters. The van der Waals surface area contributed by atoms with Crippen LogP contribution in [0.3, 0.4) is 0 Å². The fraction of sp³-hybridized carbons (Fsp3) is 0.500. The van der Waals surface area contributed by atoms with Gasteiger partial charge in [-0.1, -0.05) is 0 Å². The van der Waals surface area contributed by atoms with Gasteiger partial charge in [-0.15, -0.1) is 0 Å². The van der Waals surface area contributed by atoms with E-state index in [0.717, 1.165) is 5.69 Å². The van der Waals surface area contributed by atoms with Crippen LogP contribution < -0.4 is 5.32 Å². The molecule has 0 saturated carbocycles. The van der Waals surface area contributed by atoms with Crippen molar-refractivity contribution in [3.8, 4) is 0 Å². The molecule has 0 aromatic carbocycles. The van der Waals surface area contributed by atoms with Crippen LogP contribution in [-0.4, -0.2) is 24.2 Å². The zero-order chi connectivity index (χ0) is 10.6. The van der Waals surface area contributed by atoms with Crippen LogP contribution >= 0.6 is 0 Å². The molecule has 1 aromatic rings. The topological polar surface area (TPSA) is 34.1 Å². The molecular formula is C10H15FN2O. The summed E-state index contributed by atoms with van der Waals surface area (Å²) in [6, 6.07) is 2.97. The minimum Gasteiger partial charge on any atom is -0.381 e. The Hall–Kier alpha value is -1.16. The first-order chi connectivity index (χ1) is 6.53. The molecule has 0 aliphatic heterocycles. The summed E-state index contributed by atoms with van der Waals surface area (Å²) in [5.74, 6) is -0.471. The van der Waals surface area contributed by atoms with Crippen molar-refractivity contribution in [1.82, 2.24) is 4.98 Å². The van der Waals surface area contributed by atoms with E-state index in [4.69, 9.17) is 4.74 Å². The van der Waals surface area contributed by atoms with Gasteiger partial charge in [-0.05, 0) is 26.0 Å². The Morgan fingerprint density at radius 2 is 2.21 bits per heavy atom. The van der Waals surface area contributed by atoms with Gasteiger partial charge in [0.25, 0.3) is 0 Å². The van der Waals surface area contributed by atoms with Crippen LogP contribution in [0.4, 0.5) is 10.1 Å². The molecule has 0 radical (unpaired) electrons. The van der Waals surface area contributed by atoms with Crippen LogP contribution in [0.15, 0.2) is 18.3 Å². The number of pyridine rings is 1. The van der Waals surface area contributed by atoms with Gasteiger partial charge in [0.2, 0.25) is 5.95 Å². The number of aromatic nitrogens is 1. The van der Waals surface area contributed by atoms with Gasteiger partial charge in [0.15, 0.2) is 0 Å². The predicted molar refractivity (Wildman–Crippen MR) is 53.8 cm³/mol. The van der Waals surface area contributed by atoms with E-state index in [9.17, 15) is 4.39 Å². The molecule has 78 valence electrons. The molecule has 1 N–H and O–H groups in total. The van der Waals surface area contributed by atoms with E-state index in [1.807, 2.05) is 13.8 Å². The smallest absolute Gasteiger partial charge is 0.212 e. The molecule has 4 heteroatoms. The maximum atomic E-state index is 12.5. The van der Waals surface area contributed by atoms with Crippen molar-refractivity contribution in [2.24, 2.45) is 0 Å². The van der Waals surface area contributed by atoms with Gasteiger partial charge in [0.1, 0.15) is 0 Å². The highest BCUT2D eigenvalue weighted by molar-refractivity contribution is 5.40. The normalized spacial score (nSPS) is 11.4. The molecule has 14 heavy (non-hydrogen) atoms. The van der Waals surface area contributed by atoms with Crippen molar-refractivity contribution in [3.05, 3.63) is 24.3 Å². The second-order valence-corrected chi connectivity index (χ2v) is 3.69. The fourth-order valence-electron chi connectivity index (χ4n) is 0.867. The molecule has 1 rings (SSSR count). The molecule has 0 aliphatic carbocycles. The molecule has 0 spiro atoms. The molecule has 0 fully saturated rings. The Kier molecular flexibility index (Phi) is 3.41. The summed E-state index contributed by atoms with van der Waals surface area (Å²) in [5, 5.41) is 3.11. The van der Waals surface area contributed by atoms with Gasteiger partial charge in [0.05, 0.1) is 17.5 Å². The lowest BCUT2D eigenvalue weighted by Gasteiger charge is -2.23. The van der Waals surface area contributed by atoms with E-state index in [-0.39, 0.29) is 5.60 Å². The molecule has 1 aromatic heterocycles. The fourth-order valence-corrected chi connectivity index (χ4v) is 0.867. The molecule has 0 aliphatic rings. The maximum absolute atomic E-state index is 12.5. The average Bonchev–Trinajstić information content (AvgIpc) is 2.17. The van der Waals surface area contributed by atoms with E-state index in [1.54, 1.807) is 13.2 Å². The predicted octanol–water partition coefficient (Wildman–Crippen LogP) is 2.06. The van der Waals surface area contributed by atoms with E-state index >= 15 is 0 Å². The van der Waals surface area contributed by atoms with Crippen molar-refractivity contribution < 1.29 is 9.13 Å². The quantitative estimate of drug-likeness (QED) is 0.752. The third-order valence-corrected chi connectivity index (χ3v) is 2.00. The average molecular weight is 198 g/mol. The van der Waals surface area contributed by atoms with Crippen LogP contribution in [0.25, 0.3) is 0 Å². The second-order valence-electron chi connectivity index (χ2n) is 3.69. The lowest BCUT2D eigenvalue weighted by Crippen LogP contribution is -2.32. The van der Waals surface area contributed by atoms with Gasteiger partial charge >= 0.3 is 0 Å². The number of methoxy groups -OCH3 is 1. The highest BCUT2D eigenvalue weighted by Gasteiger charge is 2.15. The Morgan fingerprint density at radius 3 is 2.71 bits per heavy atom. The van der Waals surface area contributed by atoms with Gasteiger partial charge in [-0.25, -0.2) is 4.98 Å². The second kappa shape index (κ2) is 4.37. The number of hydrogen-bond acceptors (Lipinski definition) is 3. The van der Waals surface area contributed by atoms with Crippen LogP contribution in [-0.2, 0) is 4.74 Å². The van der Waals surface area contributed by atoms with Gasteiger partial charge < -0.3 is 10.1 Å². The minimum atomic E-state index is -0.471. The Morgan fingerprint density at radius 1 is 1.50 bits per heavy atom. The van der Waals surface area contributed by atoms with Crippen LogP contribution in [0.2, 0.25) is 0 Å². The summed E-state index contributed by atoms with van der Waals surface area (Å²) in [5.41, 5.74) is 0.547. The summed E-state index contributed by atoms with van der Waals surface area (Å²) in [6.45, 7) is 4.59. The number of nitrogens with zero attached hydrogens (tertiary/aromatic N) is 1. The first-order valence-electron chi connectivity index (χ1n) is 4.44. The summed E-state index contributed by atoms with van der Waals surface area (Å²) in [4.78, 5) is 3.54. The number of hydrogen-bond donors (Lipinski definition) is 1. The largest absolute Gasteiger partial charge is 0.381 e. The zero-order valence-corrected chi connectivity index (χ0v) is 8.67. The van der Waals surface area contributed by atoms with Crippen molar-refractivity contribution in [2.75, 3.05) is 19.0 Å². The van der Waals surface area contributed by atoms with E-state index < -0.39 is 5.95 Å². The third kappa shape index (κ3) is 3.30. The van der Waals surface area contributed by atoms with E-state index in [0.29, 0.717) is 6.54 Å². The number of ether oxygens (including phenoxy) is 1. The summed E-state index contributed by atoms with van der Waals surface area (Å²) in [6.07, 6.45) is 1.46. The Labute approximate surface area is 83.3 Å². The number of anilines is 1. The number of halogens is 1. The number of rotatable bonds is 4. The Bertz CT molecular complexity index is 285. The first-order valence-corrected chi connectivity index (χ1v) is 4.44. The highest BCUT2D eigenvalue weighted by atomic mass is 19.1. The third-order valence-electron chi connectivity index (χ3n) is 2.00. The minimum absolute atomic E-state index is 0.242. The first kappa shape index (κ1) is 10.9. The van der Waals surface area contributed by atoms with Crippen molar-refractivity contribution in [2.45, 2.75) is 19.4 Å². The standard InChI is InChI=1S/C10H15FN2O/c1-10(2,14-3)7-13-8-4-5-9(11)12-6-8/h4-6,13H,7H2,1-3H3. The molecule has 0 saturated heterocycles. The zero-order valence-electron chi connectivity index (χ0n) is 8.67. The van der Waals surface area contributed by atoms with Crippen molar-refractivity contribution in [3.63, 3.8) is 0 Å². The lowest BCUT2D eigenvalue weighted by molar-refractivity contribution is 0.0344. The molecular weight excluding hydrogens is 183 g/mol. The maximum Gasteiger partial charge on any atom is 0.212 e.